The van der Waals surface area contributed by atoms with E-state index < -0.39 is 47.9 Å². The number of nitrogens with two attached hydrogens (primary N) is 2. The minimum absolute atomic E-state index is 0.0965. The van der Waals surface area contributed by atoms with E-state index in [0.29, 0.717) is 45.2 Å². The number of nitrogens with one attached hydrogen (secondary N) is 2. The van der Waals surface area contributed by atoms with E-state index in [4.69, 9.17) is 11.5 Å². The van der Waals surface area contributed by atoms with Gasteiger partial charge in [-0.3, -0.25) is 14.4 Å². The Kier molecular flexibility index (Phi) is 12.4. The van der Waals surface area contributed by atoms with Gasteiger partial charge in [-0.25, -0.2) is 4.79 Å². The van der Waals surface area contributed by atoms with Crippen LogP contribution in [0.1, 0.15) is 72.6 Å². The maximum Gasteiger partial charge on any atom is 0.326 e. The monoisotopic (exact) mass is 469 g/mol. The summed E-state index contributed by atoms with van der Waals surface area (Å²) in [6.07, 6.45) is 3.72. The van der Waals surface area contributed by atoms with Gasteiger partial charge in [0.15, 0.2) is 0 Å². The van der Waals surface area contributed by atoms with Crippen LogP contribution in [0, 0.1) is 11.8 Å². The standard InChI is InChI=1S/C23H43N5O5/c1-14(2)12-17(26-20(29)16(25)8-5-6-10-24)21(30)27-18(13-15(3)4)22(31)28-11-7-9-19(28)23(32)33/h14-19H,5-13,24-25H2,1-4H3,(H,26,29)(H,27,30)(H,32,33). The number of carbonyl (C=O) groups is 4. The van der Waals surface area contributed by atoms with Gasteiger partial charge in [0.05, 0.1) is 6.04 Å². The van der Waals surface area contributed by atoms with Crippen molar-refractivity contribution < 1.29 is 24.3 Å². The molecule has 3 amide bonds. The van der Waals surface area contributed by atoms with Crippen molar-refractivity contribution in [2.24, 2.45) is 23.3 Å². The molecule has 0 bridgehead atoms. The Morgan fingerprint density at radius 3 is 2.09 bits per heavy atom. The fourth-order valence-electron chi connectivity index (χ4n) is 4.07. The molecule has 0 aromatic rings. The van der Waals surface area contributed by atoms with Gasteiger partial charge in [0.25, 0.3) is 0 Å². The van der Waals surface area contributed by atoms with Crippen LogP contribution in [-0.2, 0) is 19.2 Å². The highest BCUT2D eigenvalue weighted by molar-refractivity contribution is 5.94. The largest absolute Gasteiger partial charge is 0.480 e. The van der Waals surface area contributed by atoms with Crippen molar-refractivity contribution in [2.75, 3.05) is 13.1 Å². The molecule has 4 atom stereocenters. The number of hydrogen-bond donors (Lipinski definition) is 5. The molecule has 0 radical (unpaired) electrons. The number of carboxylic acids is 1. The van der Waals surface area contributed by atoms with E-state index in [2.05, 4.69) is 10.6 Å². The molecule has 7 N–H and O–H groups in total. The van der Waals surface area contributed by atoms with Crippen molar-refractivity contribution in [3.63, 3.8) is 0 Å². The highest BCUT2D eigenvalue weighted by atomic mass is 16.4. The zero-order chi connectivity index (χ0) is 25.1. The van der Waals surface area contributed by atoms with Crippen LogP contribution in [0.25, 0.3) is 0 Å². The van der Waals surface area contributed by atoms with E-state index >= 15 is 0 Å². The first-order valence-electron chi connectivity index (χ1n) is 12.1. The Labute approximate surface area is 197 Å². The number of hydrogen-bond acceptors (Lipinski definition) is 6. The van der Waals surface area contributed by atoms with Gasteiger partial charge in [0.1, 0.15) is 18.1 Å². The Bertz CT molecular complexity index is 670. The van der Waals surface area contributed by atoms with Gasteiger partial charge in [0, 0.05) is 6.54 Å². The Balaban J connectivity index is 2.93. The third kappa shape index (κ3) is 9.67. The molecule has 1 saturated heterocycles. The third-order valence-electron chi connectivity index (χ3n) is 5.79. The van der Waals surface area contributed by atoms with E-state index in [0.717, 1.165) is 12.8 Å². The molecule has 33 heavy (non-hydrogen) atoms. The molecule has 1 rings (SSSR count). The quantitative estimate of drug-likeness (QED) is 0.232. The second kappa shape index (κ2) is 14.1. The van der Waals surface area contributed by atoms with Gasteiger partial charge in [-0.15, -0.1) is 0 Å². The van der Waals surface area contributed by atoms with E-state index in [1.165, 1.54) is 4.90 Å². The summed E-state index contributed by atoms with van der Waals surface area (Å²) in [5, 5.41) is 15.0. The smallest absolute Gasteiger partial charge is 0.326 e. The lowest BCUT2D eigenvalue weighted by molar-refractivity contribution is -0.149. The van der Waals surface area contributed by atoms with Crippen LogP contribution >= 0.6 is 0 Å². The highest BCUT2D eigenvalue weighted by Gasteiger charge is 2.38. The molecule has 1 heterocycles. The SMILES string of the molecule is CC(C)CC(NC(=O)C(N)CCCCN)C(=O)NC(CC(C)C)C(=O)N1CCCC1C(=O)O. The van der Waals surface area contributed by atoms with Crippen LogP contribution in [0.2, 0.25) is 0 Å². The van der Waals surface area contributed by atoms with E-state index in [1.807, 2.05) is 27.7 Å². The number of nitrogens with zero attached hydrogens (tertiary/aromatic N) is 1. The fourth-order valence-corrected chi connectivity index (χ4v) is 4.07. The van der Waals surface area contributed by atoms with Crippen molar-refractivity contribution in [1.29, 1.82) is 0 Å². The van der Waals surface area contributed by atoms with Crippen LogP contribution in [0.15, 0.2) is 0 Å². The predicted octanol–water partition coefficient (Wildman–Crippen LogP) is 0.580. The molecule has 10 heteroatoms. The highest BCUT2D eigenvalue weighted by Crippen LogP contribution is 2.20. The van der Waals surface area contributed by atoms with Gasteiger partial charge < -0.3 is 32.1 Å². The normalized spacial score (nSPS) is 18.8. The van der Waals surface area contributed by atoms with Gasteiger partial charge in [-0.05, 0) is 56.9 Å². The van der Waals surface area contributed by atoms with Crippen molar-refractivity contribution >= 4 is 23.7 Å². The van der Waals surface area contributed by atoms with Gasteiger partial charge in [-0.2, -0.15) is 0 Å². The van der Waals surface area contributed by atoms with Crippen LogP contribution < -0.4 is 22.1 Å². The van der Waals surface area contributed by atoms with Gasteiger partial charge in [0.2, 0.25) is 17.7 Å². The topological polar surface area (TPSA) is 168 Å². The average molecular weight is 470 g/mol. The molecule has 0 aliphatic carbocycles. The van der Waals surface area contributed by atoms with Gasteiger partial charge >= 0.3 is 5.97 Å². The molecule has 1 aliphatic rings. The Hall–Kier alpha value is -2.20. The summed E-state index contributed by atoms with van der Waals surface area (Å²) in [4.78, 5) is 51.8. The molecule has 0 saturated carbocycles. The van der Waals surface area contributed by atoms with Crippen LogP contribution in [0.3, 0.4) is 0 Å². The summed E-state index contributed by atoms with van der Waals surface area (Å²) in [6, 6.07) is -3.31. The first-order valence-corrected chi connectivity index (χ1v) is 12.1. The first-order chi connectivity index (χ1) is 15.5. The number of likely N-dealkylation sites (tertiary alicyclic amines) is 1. The molecule has 0 aromatic heterocycles. The minimum atomic E-state index is -1.04. The zero-order valence-electron chi connectivity index (χ0n) is 20.5. The summed E-state index contributed by atoms with van der Waals surface area (Å²) >= 11 is 0. The lowest BCUT2D eigenvalue weighted by Crippen LogP contribution is -2.57. The van der Waals surface area contributed by atoms with Crippen molar-refractivity contribution in [3.05, 3.63) is 0 Å². The molecule has 0 spiro atoms. The lowest BCUT2D eigenvalue weighted by atomic mass is 9.99. The number of rotatable bonds is 14. The predicted molar refractivity (Wildman–Crippen MR) is 126 cm³/mol. The number of carbonyl (C=O) groups excluding carboxylic acids is 3. The number of aliphatic carboxylic acids is 1. The molecule has 1 fully saturated rings. The van der Waals surface area contributed by atoms with E-state index in [1.54, 1.807) is 0 Å². The van der Waals surface area contributed by atoms with Crippen molar-refractivity contribution in [1.82, 2.24) is 15.5 Å². The Morgan fingerprint density at radius 2 is 1.55 bits per heavy atom. The summed E-state index contributed by atoms with van der Waals surface area (Å²) in [6.45, 7) is 8.61. The number of unbranched alkanes of at least 4 members (excludes halogenated alkanes) is 1. The fraction of sp³-hybridized carbons (Fsp3) is 0.826. The maximum absolute atomic E-state index is 13.2. The number of carboxylic acid groups (broad SMARTS) is 1. The zero-order valence-corrected chi connectivity index (χ0v) is 20.5. The first kappa shape index (κ1) is 28.8. The minimum Gasteiger partial charge on any atom is -0.480 e. The third-order valence-corrected chi connectivity index (χ3v) is 5.79. The second-order valence-electron chi connectivity index (χ2n) is 9.80. The van der Waals surface area contributed by atoms with Gasteiger partial charge in [-0.1, -0.05) is 34.1 Å². The molecule has 4 unspecified atom stereocenters. The van der Waals surface area contributed by atoms with Crippen LogP contribution in [-0.4, -0.2) is 71.0 Å². The molecule has 1 aliphatic heterocycles. The molecule has 0 aromatic carbocycles. The summed E-state index contributed by atoms with van der Waals surface area (Å²) in [7, 11) is 0. The molecular formula is C23H43N5O5. The average Bonchev–Trinajstić information content (AvgIpc) is 3.21. The van der Waals surface area contributed by atoms with E-state index in [-0.39, 0.29) is 11.8 Å². The molecule has 190 valence electrons. The maximum atomic E-state index is 13.2. The number of amides is 3. The molecule has 10 nitrogen and oxygen atoms in total. The molecular weight excluding hydrogens is 426 g/mol. The van der Waals surface area contributed by atoms with Crippen LogP contribution in [0.5, 0.6) is 0 Å². The summed E-state index contributed by atoms with van der Waals surface area (Å²) < 4.78 is 0. The Morgan fingerprint density at radius 1 is 0.970 bits per heavy atom. The van der Waals surface area contributed by atoms with Crippen molar-refractivity contribution in [3.8, 4) is 0 Å². The van der Waals surface area contributed by atoms with Crippen LogP contribution in [0.4, 0.5) is 0 Å². The summed E-state index contributed by atoms with van der Waals surface area (Å²) in [5.74, 6) is -2.09. The lowest BCUT2D eigenvalue weighted by Gasteiger charge is -2.30. The van der Waals surface area contributed by atoms with E-state index in [9.17, 15) is 24.3 Å². The van der Waals surface area contributed by atoms with Crippen molar-refractivity contribution in [2.45, 2.75) is 96.8 Å². The second-order valence-corrected chi connectivity index (χ2v) is 9.80. The summed E-state index contributed by atoms with van der Waals surface area (Å²) in [5.41, 5.74) is 11.5.